The lowest BCUT2D eigenvalue weighted by Crippen LogP contribution is -2.52. The third-order valence-electron chi connectivity index (χ3n) is 5.65. The Balaban J connectivity index is 0.000000479. The number of nitrogens with zero attached hydrogens (tertiary/aromatic N) is 2. The second kappa shape index (κ2) is 10.7. The third-order valence-corrected chi connectivity index (χ3v) is 7.48. The molecule has 33 heavy (non-hydrogen) atoms. The monoisotopic (exact) mass is 496 g/mol. The molecule has 1 fully saturated rings. The zero-order valence-electron chi connectivity index (χ0n) is 18.3. The molecule has 0 unspecified atom stereocenters. The van der Waals surface area contributed by atoms with Crippen molar-refractivity contribution in [1.29, 1.82) is 0 Å². The molecule has 13 heteroatoms. The van der Waals surface area contributed by atoms with Gasteiger partial charge in [-0.25, -0.2) is 13.2 Å². The molecule has 0 bridgehead atoms. The van der Waals surface area contributed by atoms with E-state index in [1.807, 2.05) is 0 Å². The molecule has 0 aromatic heterocycles. The van der Waals surface area contributed by atoms with Crippen molar-refractivity contribution in [3.05, 3.63) is 24.3 Å². The van der Waals surface area contributed by atoms with Crippen LogP contribution < -0.4 is 4.74 Å². The molecule has 186 valence electrons. The summed E-state index contributed by atoms with van der Waals surface area (Å²) in [5.41, 5.74) is -0.305. The number of methoxy groups -OCH3 is 1. The minimum Gasteiger partial charge on any atom is -0.492 e. The Hall–Kier alpha value is -2.38. The Morgan fingerprint density at radius 2 is 1.79 bits per heavy atom. The Morgan fingerprint density at radius 1 is 1.21 bits per heavy atom. The van der Waals surface area contributed by atoms with Crippen LogP contribution >= 0.6 is 0 Å². The van der Waals surface area contributed by atoms with Gasteiger partial charge >= 0.3 is 18.1 Å². The van der Waals surface area contributed by atoms with Crippen molar-refractivity contribution < 1.29 is 45.8 Å². The molecule has 0 saturated carbocycles. The third kappa shape index (κ3) is 6.81. The van der Waals surface area contributed by atoms with Gasteiger partial charge in [0.1, 0.15) is 17.2 Å². The fourth-order valence-electron chi connectivity index (χ4n) is 3.65. The number of fused-ring (bicyclic) bond motifs is 1. The van der Waals surface area contributed by atoms with Crippen LogP contribution in [0, 0.1) is 5.41 Å². The number of carboxylic acids is 1. The molecule has 3 rings (SSSR count). The summed E-state index contributed by atoms with van der Waals surface area (Å²) in [6.07, 6.45) is -3.42. The standard InChI is InChI=1S/C18H26N2O5S.C2HF3O2/c1-3-19-10-8-18(9-11-19)13-20(12-17(21)24-2)26(22,23)16-7-5-4-6-15(16)25-14-18;3-2(4,5)1(6)7/h4-7H,3,8-14H2,1-2H3;(H,6,7). The molecule has 2 aliphatic heterocycles. The number of benzene rings is 1. The van der Waals surface area contributed by atoms with Crippen LogP contribution in [-0.4, -0.2) is 87.3 Å². The molecule has 1 aromatic carbocycles. The smallest absolute Gasteiger partial charge is 0.490 e. The first-order valence-corrected chi connectivity index (χ1v) is 11.6. The summed E-state index contributed by atoms with van der Waals surface area (Å²) < 4.78 is 70.1. The second-order valence-electron chi connectivity index (χ2n) is 7.82. The van der Waals surface area contributed by atoms with E-state index in [0.29, 0.717) is 12.4 Å². The number of alkyl halides is 3. The van der Waals surface area contributed by atoms with Gasteiger partial charge in [0.05, 0.1) is 13.7 Å². The Bertz CT molecular complexity index is 945. The summed E-state index contributed by atoms with van der Waals surface area (Å²) in [5.74, 6) is -2.97. The van der Waals surface area contributed by atoms with Gasteiger partial charge in [-0.2, -0.15) is 17.5 Å². The van der Waals surface area contributed by atoms with Crippen molar-refractivity contribution >= 4 is 22.0 Å². The minimum absolute atomic E-state index is 0.102. The number of para-hydroxylation sites is 1. The SMILES string of the molecule is CCN1CCC2(CC1)COc1ccccc1S(=O)(=O)N(CC(=O)OC)C2.O=C(O)C(F)(F)F. The van der Waals surface area contributed by atoms with Crippen LogP contribution in [0.1, 0.15) is 19.8 Å². The summed E-state index contributed by atoms with van der Waals surface area (Å²) in [6.45, 7) is 5.31. The molecule has 0 aliphatic carbocycles. The first kappa shape index (κ1) is 26.9. The lowest BCUT2D eigenvalue weighted by atomic mass is 9.79. The average molecular weight is 497 g/mol. The first-order chi connectivity index (χ1) is 15.3. The molecule has 1 aromatic rings. The van der Waals surface area contributed by atoms with E-state index < -0.39 is 28.1 Å². The fourth-order valence-corrected chi connectivity index (χ4v) is 5.28. The number of ether oxygens (including phenoxy) is 2. The molecular weight excluding hydrogens is 469 g/mol. The molecule has 0 amide bonds. The van der Waals surface area contributed by atoms with Gasteiger partial charge in [-0.1, -0.05) is 19.1 Å². The summed E-state index contributed by atoms with van der Waals surface area (Å²) in [4.78, 5) is 23.2. The minimum atomic E-state index is -5.08. The van der Waals surface area contributed by atoms with Gasteiger partial charge in [0.2, 0.25) is 10.0 Å². The van der Waals surface area contributed by atoms with Crippen LogP contribution in [0.15, 0.2) is 29.2 Å². The number of esters is 1. The van der Waals surface area contributed by atoms with E-state index in [2.05, 4.69) is 11.8 Å². The second-order valence-corrected chi connectivity index (χ2v) is 9.73. The van der Waals surface area contributed by atoms with Gasteiger partial charge in [0.15, 0.2) is 0 Å². The highest BCUT2D eigenvalue weighted by Crippen LogP contribution is 2.39. The number of likely N-dealkylation sites (tertiary alicyclic amines) is 1. The summed E-state index contributed by atoms with van der Waals surface area (Å²) in [7, 11) is -2.58. The summed E-state index contributed by atoms with van der Waals surface area (Å²) in [6, 6.07) is 6.61. The van der Waals surface area contributed by atoms with Gasteiger partial charge in [-0.05, 0) is 44.6 Å². The maximum atomic E-state index is 13.2. The van der Waals surface area contributed by atoms with Gasteiger partial charge in [-0.15, -0.1) is 0 Å². The number of aliphatic carboxylic acids is 1. The van der Waals surface area contributed by atoms with E-state index in [1.165, 1.54) is 17.5 Å². The summed E-state index contributed by atoms with van der Waals surface area (Å²) >= 11 is 0. The molecule has 0 atom stereocenters. The number of hydrogen-bond acceptors (Lipinski definition) is 7. The van der Waals surface area contributed by atoms with Gasteiger partial charge in [0.25, 0.3) is 0 Å². The van der Waals surface area contributed by atoms with Gasteiger partial charge in [-0.3, -0.25) is 4.79 Å². The van der Waals surface area contributed by atoms with Crippen molar-refractivity contribution in [2.45, 2.75) is 30.8 Å². The molecule has 2 aliphatic rings. The van der Waals surface area contributed by atoms with E-state index in [4.69, 9.17) is 19.4 Å². The van der Waals surface area contributed by atoms with Crippen molar-refractivity contribution in [3.63, 3.8) is 0 Å². The van der Waals surface area contributed by atoms with Gasteiger partial charge in [0, 0.05) is 12.0 Å². The van der Waals surface area contributed by atoms with Crippen LogP contribution in [-0.2, 0) is 24.3 Å². The molecule has 1 N–H and O–H groups in total. The Labute approximate surface area is 190 Å². The van der Waals surface area contributed by atoms with Crippen molar-refractivity contribution in [1.82, 2.24) is 9.21 Å². The van der Waals surface area contributed by atoms with E-state index in [0.717, 1.165) is 32.5 Å². The number of carboxylic acid groups (broad SMARTS) is 1. The zero-order valence-corrected chi connectivity index (χ0v) is 19.1. The van der Waals surface area contributed by atoms with Crippen LogP contribution in [0.3, 0.4) is 0 Å². The first-order valence-electron chi connectivity index (χ1n) is 10.2. The highest BCUT2D eigenvalue weighted by Gasteiger charge is 2.43. The van der Waals surface area contributed by atoms with Crippen molar-refractivity contribution in [2.24, 2.45) is 5.41 Å². The number of rotatable bonds is 3. The fraction of sp³-hybridized carbons (Fsp3) is 0.600. The number of halogens is 3. The molecule has 1 spiro atoms. The largest absolute Gasteiger partial charge is 0.492 e. The number of hydrogen-bond donors (Lipinski definition) is 1. The number of carbonyl (C=O) groups is 2. The molecule has 1 saturated heterocycles. The predicted octanol–water partition coefficient (Wildman–Crippen LogP) is 1.98. The van der Waals surface area contributed by atoms with Crippen LogP contribution in [0.25, 0.3) is 0 Å². The zero-order chi connectivity index (χ0) is 24.9. The van der Waals surface area contributed by atoms with E-state index in [-0.39, 0.29) is 23.4 Å². The van der Waals surface area contributed by atoms with Crippen LogP contribution in [0.5, 0.6) is 5.75 Å². The molecule has 2 heterocycles. The lowest BCUT2D eigenvalue weighted by Gasteiger charge is -2.44. The maximum Gasteiger partial charge on any atom is 0.490 e. The molecule has 0 radical (unpaired) electrons. The normalized spacial score (nSPS) is 20.3. The highest BCUT2D eigenvalue weighted by atomic mass is 32.2. The van der Waals surface area contributed by atoms with E-state index in [9.17, 15) is 26.4 Å². The quantitative estimate of drug-likeness (QED) is 0.632. The van der Waals surface area contributed by atoms with Crippen molar-refractivity contribution in [2.75, 3.05) is 46.4 Å². The molecular formula is C20H27F3N2O7S. The number of sulfonamides is 1. The lowest BCUT2D eigenvalue weighted by molar-refractivity contribution is -0.192. The topological polar surface area (TPSA) is 113 Å². The Morgan fingerprint density at radius 3 is 2.30 bits per heavy atom. The highest BCUT2D eigenvalue weighted by molar-refractivity contribution is 7.89. The maximum absolute atomic E-state index is 13.2. The average Bonchev–Trinajstić information content (AvgIpc) is 2.77. The number of carbonyl (C=O) groups excluding carboxylic acids is 1. The predicted molar refractivity (Wildman–Crippen MR) is 110 cm³/mol. The van der Waals surface area contributed by atoms with E-state index in [1.54, 1.807) is 18.2 Å². The summed E-state index contributed by atoms with van der Waals surface area (Å²) in [5, 5.41) is 7.12. The van der Waals surface area contributed by atoms with Crippen molar-refractivity contribution in [3.8, 4) is 5.75 Å². The molecule has 9 nitrogen and oxygen atoms in total. The Kier molecular flexibility index (Phi) is 8.71. The van der Waals surface area contributed by atoms with E-state index >= 15 is 0 Å². The van der Waals surface area contributed by atoms with Crippen LogP contribution in [0.4, 0.5) is 13.2 Å². The van der Waals surface area contributed by atoms with Crippen LogP contribution in [0.2, 0.25) is 0 Å². The number of piperidine rings is 1. The van der Waals surface area contributed by atoms with Gasteiger partial charge < -0.3 is 19.5 Å².